The van der Waals surface area contributed by atoms with E-state index in [1.54, 1.807) is 11.8 Å². The van der Waals surface area contributed by atoms with Crippen molar-refractivity contribution in [3.05, 3.63) is 47.3 Å². The van der Waals surface area contributed by atoms with E-state index in [-0.39, 0.29) is 34.4 Å². The fraction of sp³-hybridized carbons (Fsp3) is 0.571. The number of nitriles is 1. The molecular weight excluding hydrogens is 486 g/mol. The molecule has 0 unspecified atom stereocenters. The van der Waals surface area contributed by atoms with Gasteiger partial charge in [-0.3, -0.25) is 9.78 Å². The van der Waals surface area contributed by atoms with Gasteiger partial charge in [0.25, 0.3) is 5.91 Å². The van der Waals surface area contributed by atoms with Crippen LogP contribution in [0.4, 0.5) is 5.69 Å². The molecule has 1 atom stereocenters. The van der Waals surface area contributed by atoms with Crippen LogP contribution in [-0.4, -0.2) is 49.9 Å². The molecule has 1 saturated heterocycles. The van der Waals surface area contributed by atoms with E-state index in [1.807, 2.05) is 25.1 Å². The largest absolute Gasteiger partial charge is 0.396 e. The number of allylic oxidation sites excluding steroid dienone is 2. The molecule has 0 saturated carbocycles. The topological polar surface area (TPSA) is 124 Å². The summed E-state index contributed by atoms with van der Waals surface area (Å²) in [7, 11) is 0. The second-order valence-electron chi connectivity index (χ2n) is 11.0. The number of aliphatic hydroxyl groups excluding tert-OH is 1. The Morgan fingerprint density at radius 2 is 2.11 bits per heavy atom. The molecule has 0 bridgehead atoms. The van der Waals surface area contributed by atoms with Gasteiger partial charge in [-0.2, -0.15) is 5.26 Å². The SMILES string of the molecule is CC1(C)CC=C(c2nc([C@H]3CSCOC(C)(C)C3)ccc2NC(=O)c2ncc(C#N)[nH]2)CC1.CCCO. The lowest BCUT2D eigenvalue weighted by Crippen LogP contribution is -2.26. The van der Waals surface area contributed by atoms with Crippen LogP contribution in [0.1, 0.15) is 100 Å². The van der Waals surface area contributed by atoms with Crippen molar-refractivity contribution in [1.29, 1.82) is 5.26 Å². The van der Waals surface area contributed by atoms with Gasteiger partial charge >= 0.3 is 0 Å². The summed E-state index contributed by atoms with van der Waals surface area (Å²) in [6.07, 6.45) is 8.36. The van der Waals surface area contributed by atoms with Crippen molar-refractivity contribution in [3.63, 3.8) is 0 Å². The molecule has 0 spiro atoms. The number of pyridine rings is 1. The predicted octanol–water partition coefficient (Wildman–Crippen LogP) is 5.88. The first-order valence-corrected chi connectivity index (χ1v) is 14.0. The van der Waals surface area contributed by atoms with Crippen LogP contribution in [0.25, 0.3) is 5.57 Å². The van der Waals surface area contributed by atoms with Crippen molar-refractivity contribution in [2.75, 3.05) is 23.6 Å². The summed E-state index contributed by atoms with van der Waals surface area (Å²) in [6, 6.07) is 5.93. The molecule has 9 heteroatoms. The lowest BCUT2D eigenvalue weighted by molar-refractivity contribution is 0.00476. The molecule has 1 aliphatic heterocycles. The van der Waals surface area contributed by atoms with Crippen LogP contribution < -0.4 is 5.32 Å². The van der Waals surface area contributed by atoms with Crippen LogP contribution in [0, 0.1) is 16.7 Å². The number of H-pyrrole nitrogens is 1. The molecule has 2 aliphatic rings. The fourth-order valence-corrected chi connectivity index (χ4v) is 5.38. The summed E-state index contributed by atoms with van der Waals surface area (Å²) in [6.45, 7) is 11.1. The van der Waals surface area contributed by atoms with Crippen molar-refractivity contribution >= 4 is 28.9 Å². The zero-order chi connectivity index (χ0) is 27.1. The highest BCUT2D eigenvalue weighted by Crippen LogP contribution is 2.41. The van der Waals surface area contributed by atoms with Crippen LogP contribution in [0.3, 0.4) is 0 Å². The Labute approximate surface area is 224 Å². The number of thioether (sulfide) groups is 1. The number of nitrogens with zero attached hydrogens (tertiary/aromatic N) is 3. The molecule has 2 aromatic rings. The molecule has 8 nitrogen and oxygen atoms in total. The number of anilines is 1. The van der Waals surface area contributed by atoms with Gasteiger partial charge in [-0.25, -0.2) is 4.98 Å². The first-order chi connectivity index (χ1) is 17.6. The fourth-order valence-electron chi connectivity index (χ4n) is 4.31. The molecule has 1 aliphatic carbocycles. The lowest BCUT2D eigenvalue weighted by atomic mass is 9.77. The van der Waals surface area contributed by atoms with Gasteiger partial charge in [0.1, 0.15) is 11.8 Å². The summed E-state index contributed by atoms with van der Waals surface area (Å²) in [4.78, 5) is 24.7. The Morgan fingerprint density at radius 3 is 2.73 bits per heavy atom. The third-order valence-corrected chi connectivity index (χ3v) is 7.51. The molecule has 200 valence electrons. The number of carbonyl (C=O) groups excluding carboxylic acids is 1. The van der Waals surface area contributed by atoms with E-state index in [0.29, 0.717) is 18.2 Å². The molecule has 3 heterocycles. The van der Waals surface area contributed by atoms with Crippen LogP contribution in [0.5, 0.6) is 0 Å². The number of ether oxygens (including phenoxy) is 1. The monoisotopic (exact) mass is 525 g/mol. The van der Waals surface area contributed by atoms with E-state index in [2.05, 4.69) is 49.1 Å². The Hall–Kier alpha value is -2.67. The van der Waals surface area contributed by atoms with E-state index in [1.165, 1.54) is 11.8 Å². The molecule has 0 radical (unpaired) electrons. The first-order valence-electron chi connectivity index (χ1n) is 12.9. The van der Waals surface area contributed by atoms with Crippen molar-refractivity contribution in [2.24, 2.45) is 5.41 Å². The standard InChI is InChI=1S/C25H31N5O2S.C3H8O/c1-24(2)9-7-16(8-10-24)21-20(30-23(31)22-27-13-18(12-26)28-22)6-5-19(29-21)17-11-25(3,4)32-15-33-14-17;1-2-3-4/h5-7,13,17H,8-11,14-15H2,1-4H3,(H,27,28)(H,30,31);4H,2-3H2,1H3/t17-;/m1./s1. The third kappa shape index (κ3) is 8.16. The second kappa shape index (κ2) is 12.7. The van der Waals surface area contributed by atoms with Gasteiger partial charge in [-0.1, -0.05) is 26.8 Å². The first kappa shape index (κ1) is 28.9. The van der Waals surface area contributed by atoms with E-state index < -0.39 is 0 Å². The quantitative estimate of drug-likeness (QED) is 0.445. The lowest BCUT2D eigenvalue weighted by Gasteiger charge is -2.29. The maximum absolute atomic E-state index is 12.8. The highest BCUT2D eigenvalue weighted by atomic mass is 32.2. The summed E-state index contributed by atoms with van der Waals surface area (Å²) in [5, 5.41) is 19.8. The number of carbonyl (C=O) groups is 1. The van der Waals surface area contributed by atoms with Crippen LogP contribution in [0.15, 0.2) is 24.4 Å². The summed E-state index contributed by atoms with van der Waals surface area (Å²) in [5.41, 5.74) is 4.02. The maximum atomic E-state index is 12.8. The van der Waals surface area contributed by atoms with Crippen LogP contribution >= 0.6 is 11.8 Å². The second-order valence-corrected chi connectivity index (χ2v) is 11.9. The van der Waals surface area contributed by atoms with Crippen LogP contribution in [0.2, 0.25) is 0 Å². The van der Waals surface area contributed by atoms with Gasteiger partial charge in [-0.05, 0) is 69.1 Å². The third-order valence-electron chi connectivity index (χ3n) is 6.58. The minimum atomic E-state index is -0.386. The molecule has 2 aromatic heterocycles. The molecule has 1 fully saturated rings. The number of aliphatic hydroxyl groups is 1. The average molecular weight is 526 g/mol. The molecule has 37 heavy (non-hydrogen) atoms. The minimum absolute atomic E-state index is 0.111. The van der Waals surface area contributed by atoms with Crippen molar-refractivity contribution in [3.8, 4) is 6.07 Å². The molecule has 0 aromatic carbocycles. The van der Waals surface area contributed by atoms with Gasteiger partial charge in [0.15, 0.2) is 5.82 Å². The summed E-state index contributed by atoms with van der Waals surface area (Å²) < 4.78 is 5.98. The highest BCUT2D eigenvalue weighted by molar-refractivity contribution is 7.99. The van der Waals surface area contributed by atoms with Crippen LogP contribution in [-0.2, 0) is 4.74 Å². The van der Waals surface area contributed by atoms with E-state index in [4.69, 9.17) is 20.1 Å². The van der Waals surface area contributed by atoms with Crippen molar-refractivity contribution in [2.45, 2.75) is 78.2 Å². The smallest absolute Gasteiger partial charge is 0.291 e. The normalized spacial score (nSPS) is 20.5. The minimum Gasteiger partial charge on any atom is -0.396 e. The average Bonchev–Trinajstić information content (AvgIpc) is 3.28. The maximum Gasteiger partial charge on any atom is 0.291 e. The number of hydrogen-bond donors (Lipinski definition) is 3. The van der Waals surface area contributed by atoms with Gasteiger partial charge in [0.05, 0.1) is 29.1 Å². The molecule has 1 amide bonds. The molecular formula is C28H39N5O3S. The Kier molecular flexibility index (Phi) is 9.93. The number of nitrogens with one attached hydrogen (secondary N) is 2. The van der Waals surface area contributed by atoms with E-state index >= 15 is 0 Å². The van der Waals surface area contributed by atoms with Gasteiger partial charge in [-0.15, -0.1) is 11.8 Å². The number of hydrogen-bond acceptors (Lipinski definition) is 7. The zero-order valence-electron chi connectivity index (χ0n) is 22.6. The Morgan fingerprint density at radius 1 is 1.35 bits per heavy atom. The van der Waals surface area contributed by atoms with E-state index in [0.717, 1.165) is 49.2 Å². The molecule has 3 N–H and O–H groups in total. The number of amides is 1. The predicted molar refractivity (Wildman–Crippen MR) is 148 cm³/mol. The Balaban J connectivity index is 0.000000886. The zero-order valence-corrected chi connectivity index (χ0v) is 23.4. The van der Waals surface area contributed by atoms with Gasteiger partial charge in [0, 0.05) is 24.0 Å². The number of aromatic amines is 1. The van der Waals surface area contributed by atoms with Gasteiger partial charge < -0.3 is 20.1 Å². The highest BCUT2D eigenvalue weighted by Gasteiger charge is 2.30. The number of imidazole rings is 1. The molecule has 4 rings (SSSR count). The summed E-state index contributed by atoms with van der Waals surface area (Å²) in [5.74, 6) is 1.65. The van der Waals surface area contributed by atoms with Crippen molar-refractivity contribution in [1.82, 2.24) is 15.0 Å². The van der Waals surface area contributed by atoms with Crippen molar-refractivity contribution < 1.29 is 14.6 Å². The van der Waals surface area contributed by atoms with E-state index in [9.17, 15) is 4.79 Å². The Bertz CT molecular complexity index is 1150. The number of aromatic nitrogens is 3. The number of rotatable bonds is 5. The van der Waals surface area contributed by atoms with Gasteiger partial charge in [0.2, 0.25) is 0 Å². The summed E-state index contributed by atoms with van der Waals surface area (Å²) >= 11 is 1.79.